The zero-order valence-electron chi connectivity index (χ0n) is 11.4. The summed E-state index contributed by atoms with van der Waals surface area (Å²) in [6.45, 7) is 0. The maximum absolute atomic E-state index is 13.7. The molecule has 1 aliphatic heterocycles. The van der Waals surface area contributed by atoms with Crippen molar-refractivity contribution in [1.82, 2.24) is 4.98 Å². The Morgan fingerprint density at radius 2 is 1.83 bits per heavy atom. The molecule has 0 aliphatic carbocycles. The number of hydrogen-bond donors (Lipinski definition) is 0. The molecule has 0 N–H and O–H groups in total. The van der Waals surface area contributed by atoms with E-state index >= 15 is 0 Å². The Morgan fingerprint density at radius 3 is 2.46 bits per heavy atom. The molecule has 0 fully saturated rings. The molecule has 10 heteroatoms. The number of halogens is 7. The fourth-order valence-electron chi connectivity index (χ4n) is 2.16. The van der Waals surface area contributed by atoms with Crippen LogP contribution >= 0.6 is 23.4 Å². The fourth-order valence-corrected chi connectivity index (χ4v) is 3.42. The predicted molar refractivity (Wildman–Crippen MR) is 75.4 cm³/mol. The minimum atomic E-state index is -4.55. The number of hydrogen-bond acceptors (Lipinski definition) is 3. The third kappa shape index (κ3) is 2.69. The Labute approximate surface area is 140 Å². The molecule has 0 unspecified atom stereocenters. The van der Waals surface area contributed by atoms with E-state index in [-0.39, 0.29) is 10.8 Å². The van der Waals surface area contributed by atoms with Crippen molar-refractivity contribution in [2.24, 2.45) is 0 Å². The molecule has 1 aromatic heterocycles. The van der Waals surface area contributed by atoms with Crippen molar-refractivity contribution in [3.05, 3.63) is 46.7 Å². The third-order valence-corrected chi connectivity index (χ3v) is 4.58. The first-order chi connectivity index (χ1) is 11.1. The van der Waals surface area contributed by atoms with E-state index in [1.165, 1.54) is 12.3 Å². The van der Waals surface area contributed by atoms with Crippen LogP contribution in [0, 0.1) is 0 Å². The lowest BCUT2D eigenvalue weighted by Gasteiger charge is -2.17. The summed E-state index contributed by atoms with van der Waals surface area (Å²) in [6, 6.07) is 2.72. The Kier molecular flexibility index (Phi) is 4.11. The molecule has 1 aromatic carbocycles. The van der Waals surface area contributed by atoms with Gasteiger partial charge >= 0.3 is 11.2 Å². The van der Waals surface area contributed by atoms with Gasteiger partial charge in [0.25, 0.3) is 6.43 Å². The van der Waals surface area contributed by atoms with Gasteiger partial charge in [-0.05, 0) is 23.9 Å². The van der Waals surface area contributed by atoms with Crippen LogP contribution < -0.4 is 4.74 Å². The van der Waals surface area contributed by atoms with Crippen LogP contribution in [-0.2, 0) is 5.92 Å². The van der Waals surface area contributed by atoms with Crippen LogP contribution in [0.1, 0.15) is 17.6 Å². The molecule has 24 heavy (non-hydrogen) atoms. The van der Waals surface area contributed by atoms with Crippen molar-refractivity contribution in [1.29, 1.82) is 0 Å². The number of benzene rings is 1. The number of thioether (sulfide) groups is 1. The summed E-state index contributed by atoms with van der Waals surface area (Å²) in [5.41, 5.74) is -2.17. The molecule has 0 bridgehead atoms. The average molecular weight is 386 g/mol. The number of pyridine rings is 1. The van der Waals surface area contributed by atoms with Gasteiger partial charge in [0, 0.05) is 22.7 Å². The molecule has 0 saturated carbocycles. The first kappa shape index (κ1) is 17.2. The van der Waals surface area contributed by atoms with E-state index < -0.39 is 51.1 Å². The van der Waals surface area contributed by atoms with Gasteiger partial charge in [-0.25, -0.2) is 8.78 Å². The second-order valence-corrected chi connectivity index (χ2v) is 6.35. The normalized spacial score (nSPS) is 17.8. The van der Waals surface area contributed by atoms with E-state index in [9.17, 15) is 26.3 Å². The summed E-state index contributed by atoms with van der Waals surface area (Å²) >= 11 is 5.09. The summed E-state index contributed by atoms with van der Waals surface area (Å²) < 4.78 is 86.2. The van der Waals surface area contributed by atoms with Crippen LogP contribution in [0.3, 0.4) is 0 Å². The zero-order chi connectivity index (χ0) is 17.7. The maximum Gasteiger partial charge on any atom is 0.364 e. The molecule has 0 saturated heterocycles. The van der Waals surface area contributed by atoms with Crippen LogP contribution in [-0.4, -0.2) is 10.2 Å². The van der Waals surface area contributed by atoms with Gasteiger partial charge in [0.15, 0.2) is 0 Å². The van der Waals surface area contributed by atoms with Crippen molar-refractivity contribution in [3.8, 4) is 11.5 Å². The topological polar surface area (TPSA) is 22.1 Å². The van der Waals surface area contributed by atoms with Gasteiger partial charge in [-0.3, -0.25) is 4.98 Å². The highest BCUT2D eigenvalue weighted by molar-refractivity contribution is 8.00. The highest BCUT2D eigenvalue weighted by Gasteiger charge is 2.65. The third-order valence-electron chi connectivity index (χ3n) is 3.22. The maximum atomic E-state index is 13.7. The molecule has 2 nitrogen and oxygen atoms in total. The van der Waals surface area contributed by atoms with Gasteiger partial charge in [-0.2, -0.15) is 17.6 Å². The summed E-state index contributed by atoms with van der Waals surface area (Å²) in [6.07, 6.45) is -0.869. The molecule has 2 aromatic rings. The fraction of sp³-hybridized carbons (Fsp3) is 0.214. The monoisotopic (exact) mass is 385 g/mol. The van der Waals surface area contributed by atoms with Crippen molar-refractivity contribution in [2.45, 2.75) is 22.5 Å². The van der Waals surface area contributed by atoms with Crippen molar-refractivity contribution >= 4 is 23.4 Å². The molecule has 0 atom stereocenters. The van der Waals surface area contributed by atoms with E-state index in [1.807, 2.05) is 0 Å². The minimum Gasteiger partial charge on any atom is -0.455 e. The van der Waals surface area contributed by atoms with E-state index in [1.54, 1.807) is 0 Å². The van der Waals surface area contributed by atoms with Crippen molar-refractivity contribution in [2.75, 3.05) is 0 Å². The quantitative estimate of drug-likeness (QED) is 0.582. The largest absolute Gasteiger partial charge is 0.455 e. The molecule has 0 radical (unpaired) electrons. The SMILES string of the molecule is FC(F)c1c(Oc2cncc(Cl)c2)ccc2c1SC(F)(F)C2(F)F. The van der Waals surface area contributed by atoms with E-state index in [2.05, 4.69) is 4.98 Å². The molecular formula is C14H6ClF6NOS. The Bertz CT molecular complexity index is 801. The van der Waals surface area contributed by atoms with Gasteiger partial charge < -0.3 is 4.74 Å². The highest BCUT2D eigenvalue weighted by Crippen LogP contribution is 2.63. The van der Waals surface area contributed by atoms with Crippen LogP contribution in [0.4, 0.5) is 26.3 Å². The summed E-state index contributed by atoms with van der Waals surface area (Å²) in [5, 5.41) is -4.37. The lowest BCUT2D eigenvalue weighted by molar-refractivity contribution is -0.154. The Hall–Kier alpha value is -1.61. The highest BCUT2D eigenvalue weighted by atomic mass is 35.5. The Balaban J connectivity index is 2.11. The standard InChI is InChI=1S/C14H6ClF6NOS/c15-6-3-7(5-22-4-6)23-9-2-1-8-11(10(9)12(16)17)24-14(20,21)13(8,18)19/h1-5,12H. The average Bonchev–Trinajstić information content (AvgIpc) is 2.63. The summed E-state index contributed by atoms with van der Waals surface area (Å²) in [7, 11) is 0. The first-order valence-electron chi connectivity index (χ1n) is 6.32. The minimum absolute atomic E-state index is 0.0362. The van der Waals surface area contributed by atoms with E-state index in [0.29, 0.717) is 6.07 Å². The molecule has 128 valence electrons. The van der Waals surface area contributed by atoms with Gasteiger partial charge in [-0.1, -0.05) is 11.6 Å². The molecule has 1 aliphatic rings. The second-order valence-electron chi connectivity index (χ2n) is 4.79. The van der Waals surface area contributed by atoms with Gasteiger partial charge in [0.2, 0.25) is 0 Å². The lowest BCUT2D eigenvalue weighted by atomic mass is 10.0. The number of aromatic nitrogens is 1. The summed E-state index contributed by atoms with van der Waals surface area (Å²) in [5.74, 6) is -5.10. The number of alkyl halides is 6. The number of fused-ring (bicyclic) bond motifs is 1. The van der Waals surface area contributed by atoms with E-state index in [0.717, 1.165) is 12.3 Å². The van der Waals surface area contributed by atoms with Crippen LogP contribution in [0.2, 0.25) is 5.02 Å². The van der Waals surface area contributed by atoms with Gasteiger partial charge in [-0.15, -0.1) is 0 Å². The van der Waals surface area contributed by atoms with Crippen molar-refractivity contribution in [3.63, 3.8) is 0 Å². The van der Waals surface area contributed by atoms with Crippen LogP contribution in [0.5, 0.6) is 11.5 Å². The molecule has 3 rings (SSSR count). The second kappa shape index (κ2) is 5.73. The van der Waals surface area contributed by atoms with Crippen LogP contribution in [0.15, 0.2) is 35.5 Å². The summed E-state index contributed by atoms with van der Waals surface area (Å²) in [4.78, 5) is 2.80. The lowest BCUT2D eigenvalue weighted by Crippen LogP contribution is -2.29. The zero-order valence-corrected chi connectivity index (χ0v) is 12.9. The van der Waals surface area contributed by atoms with E-state index in [4.69, 9.17) is 16.3 Å². The number of ether oxygens (including phenoxy) is 1. The molecule has 0 amide bonds. The number of nitrogens with zero attached hydrogens (tertiary/aromatic N) is 1. The first-order valence-corrected chi connectivity index (χ1v) is 7.51. The number of rotatable bonds is 3. The predicted octanol–water partition coefficient (Wildman–Crippen LogP) is 6.26. The van der Waals surface area contributed by atoms with Crippen molar-refractivity contribution < 1.29 is 31.1 Å². The van der Waals surface area contributed by atoms with Gasteiger partial charge in [0.05, 0.1) is 16.8 Å². The van der Waals surface area contributed by atoms with Crippen LogP contribution in [0.25, 0.3) is 0 Å². The molecular weight excluding hydrogens is 380 g/mol. The Morgan fingerprint density at radius 1 is 1.12 bits per heavy atom. The van der Waals surface area contributed by atoms with Gasteiger partial charge in [0.1, 0.15) is 11.5 Å². The smallest absolute Gasteiger partial charge is 0.364 e. The molecule has 2 heterocycles. The molecule has 0 spiro atoms.